The average Bonchev–Trinajstić information content (AvgIpc) is 3.46. The fourth-order valence-corrected chi connectivity index (χ4v) is 10.5. The number of nitrogen functional groups attached to an aromatic ring is 2. The van der Waals surface area contributed by atoms with Crippen LogP contribution < -0.4 is 30.7 Å². The molecule has 0 bridgehead atoms. The molecule has 0 aliphatic carbocycles. The van der Waals surface area contributed by atoms with Gasteiger partial charge in [-0.25, -0.2) is 9.59 Å². The number of benzene rings is 4. The van der Waals surface area contributed by atoms with E-state index in [1.165, 1.54) is 38.5 Å². The number of hydroxylamine groups is 4. The minimum atomic E-state index is -1.59. The molecule has 4 aromatic carbocycles. The Hall–Kier alpha value is -7.00. The van der Waals surface area contributed by atoms with Crippen molar-refractivity contribution < 1.29 is 47.9 Å². The lowest BCUT2D eigenvalue weighted by atomic mass is 10.0. The Morgan fingerprint density at radius 3 is 1.18 bits per heavy atom. The van der Waals surface area contributed by atoms with Crippen LogP contribution in [0.25, 0.3) is 0 Å². The van der Waals surface area contributed by atoms with Crippen molar-refractivity contribution in [1.29, 1.82) is 0 Å². The second-order valence-corrected chi connectivity index (χ2v) is 20.0. The first kappa shape index (κ1) is 55.2. The maximum atomic E-state index is 14.5. The maximum absolute atomic E-state index is 14.5. The third kappa shape index (κ3) is 13.5. The van der Waals surface area contributed by atoms with Gasteiger partial charge < -0.3 is 60.0 Å². The van der Waals surface area contributed by atoms with E-state index in [0.29, 0.717) is 104 Å². The molecule has 0 spiro atoms. The molecule has 4 N–H and O–H groups in total. The summed E-state index contributed by atoms with van der Waals surface area (Å²) < 4.78 is 11.0. The number of nitrogens with two attached hydrogens (primary N) is 2. The van der Waals surface area contributed by atoms with Crippen LogP contribution in [-0.4, -0.2) is 183 Å². The summed E-state index contributed by atoms with van der Waals surface area (Å²) in [5.41, 5.74) is 14.4. The number of hydrogen-bond acceptors (Lipinski definition) is 16. The van der Waals surface area contributed by atoms with Gasteiger partial charge in [0.1, 0.15) is 11.5 Å². The predicted octanol–water partition coefficient (Wildman–Crippen LogP) is 5.08. The van der Waals surface area contributed by atoms with Crippen LogP contribution in [0, 0.1) is 0 Å². The quantitative estimate of drug-likeness (QED) is 0.0956. The van der Waals surface area contributed by atoms with Crippen molar-refractivity contribution >= 4 is 81.5 Å². The Morgan fingerprint density at radius 2 is 0.855 bits per heavy atom. The summed E-state index contributed by atoms with van der Waals surface area (Å²) in [6, 6.07) is 24.0. The molecule has 4 heterocycles. The van der Waals surface area contributed by atoms with Crippen molar-refractivity contribution in [3.8, 4) is 11.5 Å². The van der Waals surface area contributed by atoms with Crippen LogP contribution in [0.4, 0.5) is 22.7 Å². The monoisotopic (exact) mass is 1080 g/mol. The second kappa shape index (κ2) is 25.7. The fourth-order valence-electron chi connectivity index (χ4n) is 10.1. The molecule has 4 aliphatic rings. The minimum absolute atomic E-state index is 0.0402. The molecule has 4 aliphatic heterocycles. The van der Waals surface area contributed by atoms with Gasteiger partial charge in [-0.2, -0.15) is 10.1 Å². The largest absolute Gasteiger partial charge is 0.496 e. The zero-order valence-electron chi connectivity index (χ0n) is 43.0. The molecular formula is C54H66Cl2N10O10. The summed E-state index contributed by atoms with van der Waals surface area (Å²) in [6.45, 7) is 8.08. The van der Waals surface area contributed by atoms with Crippen LogP contribution in [0.5, 0.6) is 11.5 Å². The van der Waals surface area contributed by atoms with Gasteiger partial charge in [-0.1, -0.05) is 59.6 Å². The molecule has 0 radical (unpaired) electrons. The molecule has 4 aromatic rings. The lowest BCUT2D eigenvalue weighted by Crippen LogP contribution is -2.52. The van der Waals surface area contributed by atoms with Crippen LogP contribution >= 0.6 is 23.2 Å². The minimum Gasteiger partial charge on any atom is -0.496 e. The highest BCUT2D eigenvalue weighted by Gasteiger charge is 2.40. The van der Waals surface area contributed by atoms with E-state index in [1.54, 1.807) is 0 Å². The van der Waals surface area contributed by atoms with Gasteiger partial charge in [-0.3, -0.25) is 19.2 Å². The predicted molar refractivity (Wildman–Crippen MR) is 288 cm³/mol. The smallest absolute Gasteiger partial charge is 0.444 e. The molecule has 8 rings (SSSR count). The highest BCUT2D eigenvalue weighted by molar-refractivity contribution is 6.34. The number of carbonyl (C=O) groups excluding carboxylic acids is 6. The molecule has 4 saturated heterocycles. The molecule has 0 aromatic heterocycles. The number of carbonyl (C=O) groups is 6. The number of piperazine rings is 2. The van der Waals surface area contributed by atoms with Crippen molar-refractivity contribution in [2.24, 2.45) is 0 Å². The Morgan fingerprint density at radius 1 is 0.513 bits per heavy atom. The number of piperidine rings is 2. The SMILES string of the molecule is COc1cc(N)c(Cl)cc1C(=O)N(OC(=O)C(=O)ON(C(=O)c1cc(Cl)c(N)cc1OC)C1CCN(CCC(=O)N2CCN(c3ccccc3)CC2)CC1)C1CCN(CCC(=O)N2CCN(c3ccccc3)CC2)CC1. The van der Waals surface area contributed by atoms with Crippen molar-refractivity contribution in [2.75, 3.05) is 127 Å². The van der Waals surface area contributed by atoms with Gasteiger partial charge in [-0.05, 0) is 62.1 Å². The van der Waals surface area contributed by atoms with Gasteiger partial charge in [-0.15, -0.1) is 0 Å². The van der Waals surface area contributed by atoms with Gasteiger partial charge in [0.15, 0.2) is 0 Å². The summed E-state index contributed by atoms with van der Waals surface area (Å²) in [7, 11) is 2.68. The van der Waals surface area contributed by atoms with Crippen molar-refractivity contribution in [1.82, 2.24) is 29.7 Å². The van der Waals surface area contributed by atoms with Crippen molar-refractivity contribution in [2.45, 2.75) is 50.6 Å². The van der Waals surface area contributed by atoms with Crippen LogP contribution in [0.1, 0.15) is 59.2 Å². The molecule has 0 unspecified atom stereocenters. The average molecular weight is 1090 g/mol. The van der Waals surface area contributed by atoms with Crippen LogP contribution in [-0.2, 0) is 28.9 Å². The van der Waals surface area contributed by atoms with E-state index in [-0.39, 0.29) is 55.9 Å². The Labute approximate surface area is 452 Å². The lowest BCUT2D eigenvalue weighted by Gasteiger charge is -2.38. The summed E-state index contributed by atoms with van der Waals surface area (Å²) in [5.74, 6) is -4.68. The first-order valence-corrected chi connectivity index (χ1v) is 26.4. The zero-order valence-corrected chi connectivity index (χ0v) is 44.5. The zero-order chi connectivity index (χ0) is 53.9. The molecule has 0 atom stereocenters. The Balaban J connectivity index is 0.916. The number of methoxy groups -OCH3 is 2. The number of halogens is 2. The summed E-state index contributed by atoms with van der Waals surface area (Å²) >= 11 is 12.8. The lowest BCUT2D eigenvalue weighted by molar-refractivity contribution is -0.215. The van der Waals surface area contributed by atoms with Crippen LogP contribution in [0.15, 0.2) is 84.9 Å². The third-order valence-corrected chi connectivity index (χ3v) is 15.3. The standard InChI is InChI=1S/C54H66Cl2N10O10/c1-73-47-35-45(57)43(55)33-41(47)51(69)65(39-13-19-59(20-14-39)23-17-49(67)63-29-25-61(26-30-63)37-9-5-3-6-10-37)75-53(71)54(72)76-66(52(70)42-34-44(56)46(58)36-48(42)74-2)40-15-21-60(22-16-40)24-18-50(68)64-31-27-62(28-32-64)38-11-7-4-8-12-38/h3-12,33-36,39-40H,13-32,57-58H2,1-2H3. The number of hydrogen-bond donors (Lipinski definition) is 2. The molecular weight excluding hydrogens is 1020 g/mol. The van der Waals surface area contributed by atoms with Crippen LogP contribution in [0.3, 0.4) is 0 Å². The van der Waals surface area contributed by atoms with E-state index in [4.69, 9.17) is 53.8 Å². The second-order valence-electron chi connectivity index (χ2n) is 19.2. The molecule has 4 amide bonds. The highest BCUT2D eigenvalue weighted by Crippen LogP contribution is 2.34. The van der Waals surface area contributed by atoms with Crippen LogP contribution in [0.2, 0.25) is 10.0 Å². The molecule has 20 nitrogen and oxygen atoms in total. The topological polar surface area (TPSA) is 217 Å². The van der Waals surface area contributed by atoms with Gasteiger partial charge in [0.2, 0.25) is 11.8 Å². The van der Waals surface area contributed by atoms with Crippen molar-refractivity contribution in [3.63, 3.8) is 0 Å². The number of likely N-dealkylation sites (tertiary alicyclic amines) is 2. The first-order valence-electron chi connectivity index (χ1n) is 25.7. The molecule has 4 fully saturated rings. The number of ether oxygens (including phenoxy) is 2. The number of anilines is 4. The molecule has 0 saturated carbocycles. The molecule has 76 heavy (non-hydrogen) atoms. The molecule has 406 valence electrons. The highest BCUT2D eigenvalue weighted by atomic mass is 35.5. The maximum Gasteiger partial charge on any atom is 0.444 e. The van der Waals surface area contributed by atoms with E-state index in [2.05, 4.69) is 43.9 Å². The van der Waals surface area contributed by atoms with E-state index in [9.17, 15) is 28.8 Å². The third-order valence-electron chi connectivity index (χ3n) is 14.6. The first-order chi connectivity index (χ1) is 36.7. The Kier molecular flexibility index (Phi) is 18.7. The number of nitrogens with zero attached hydrogens (tertiary/aromatic N) is 8. The van der Waals surface area contributed by atoms with E-state index >= 15 is 0 Å². The number of rotatable bonds is 14. The van der Waals surface area contributed by atoms with Gasteiger partial charge in [0.25, 0.3) is 11.8 Å². The fraction of sp³-hybridized carbons (Fsp3) is 0.444. The van der Waals surface area contributed by atoms with Gasteiger partial charge in [0.05, 0.1) is 58.9 Å². The number of amides is 4. The Bertz CT molecular complexity index is 2510. The summed E-state index contributed by atoms with van der Waals surface area (Å²) in [4.78, 5) is 108. The van der Waals surface area contributed by atoms with Gasteiger partial charge in [0, 0.05) is 128 Å². The van der Waals surface area contributed by atoms with Crippen molar-refractivity contribution in [3.05, 3.63) is 106 Å². The molecule has 22 heteroatoms. The summed E-state index contributed by atoms with van der Waals surface area (Å²) in [5, 5.41) is 1.72. The van der Waals surface area contributed by atoms with Gasteiger partial charge >= 0.3 is 11.9 Å². The van der Waals surface area contributed by atoms with E-state index in [0.717, 1.165) is 47.7 Å². The van der Waals surface area contributed by atoms with E-state index in [1.807, 2.05) is 46.2 Å². The van der Waals surface area contributed by atoms with E-state index < -0.39 is 35.8 Å². The summed E-state index contributed by atoms with van der Waals surface area (Å²) in [6.07, 6.45) is 1.77. The normalized spacial score (nSPS) is 16.9. The number of para-hydroxylation sites is 2.